The smallest absolute Gasteiger partial charge is 0.239 e. The summed E-state index contributed by atoms with van der Waals surface area (Å²) in [5, 5.41) is 5.96. The van der Waals surface area contributed by atoms with Gasteiger partial charge in [0.1, 0.15) is 0 Å². The fourth-order valence-corrected chi connectivity index (χ4v) is 1.54. The summed E-state index contributed by atoms with van der Waals surface area (Å²) in [4.78, 5) is 21.8. The SMILES string of the molecule is CCNCc1cnc(N(C)CC(=O)NCCOC)nc1. The van der Waals surface area contributed by atoms with Crippen molar-refractivity contribution in [2.75, 3.05) is 45.3 Å². The number of likely N-dealkylation sites (N-methyl/N-ethyl adjacent to an activating group) is 1. The fraction of sp³-hybridized carbons (Fsp3) is 0.615. The van der Waals surface area contributed by atoms with Gasteiger partial charge in [0, 0.05) is 45.2 Å². The predicted octanol–water partition coefficient (Wildman–Crippen LogP) is -0.215. The number of aromatic nitrogens is 2. The Kier molecular flexibility index (Phi) is 7.52. The number of amides is 1. The Morgan fingerprint density at radius 3 is 2.70 bits per heavy atom. The second kappa shape index (κ2) is 9.22. The summed E-state index contributed by atoms with van der Waals surface area (Å²) in [5.41, 5.74) is 1.02. The number of hydrogen-bond donors (Lipinski definition) is 2. The van der Waals surface area contributed by atoms with Crippen molar-refractivity contribution in [3.8, 4) is 0 Å². The first kappa shape index (κ1) is 16.3. The van der Waals surface area contributed by atoms with Gasteiger partial charge in [-0.2, -0.15) is 0 Å². The Morgan fingerprint density at radius 2 is 2.10 bits per heavy atom. The molecule has 1 amide bonds. The molecule has 0 aliphatic rings. The maximum absolute atomic E-state index is 11.6. The zero-order chi connectivity index (χ0) is 14.8. The van der Waals surface area contributed by atoms with E-state index in [4.69, 9.17) is 4.74 Å². The number of nitrogens with one attached hydrogen (secondary N) is 2. The first-order valence-electron chi connectivity index (χ1n) is 6.65. The molecular weight excluding hydrogens is 258 g/mol. The summed E-state index contributed by atoms with van der Waals surface area (Å²) >= 11 is 0. The Bertz CT molecular complexity index is 396. The number of hydrogen-bond acceptors (Lipinski definition) is 6. The molecule has 0 spiro atoms. The molecule has 0 bridgehead atoms. The van der Waals surface area contributed by atoms with Crippen LogP contribution in [-0.4, -0.2) is 56.3 Å². The molecule has 0 saturated carbocycles. The average Bonchev–Trinajstić information content (AvgIpc) is 2.46. The Morgan fingerprint density at radius 1 is 1.40 bits per heavy atom. The van der Waals surface area contributed by atoms with Crippen molar-refractivity contribution >= 4 is 11.9 Å². The van der Waals surface area contributed by atoms with Crippen molar-refractivity contribution in [3.05, 3.63) is 18.0 Å². The average molecular weight is 281 g/mol. The van der Waals surface area contributed by atoms with Crippen LogP contribution in [0.4, 0.5) is 5.95 Å². The molecule has 0 unspecified atom stereocenters. The number of carbonyl (C=O) groups excluding carboxylic acids is 1. The molecule has 1 aromatic rings. The third kappa shape index (κ3) is 5.94. The minimum Gasteiger partial charge on any atom is -0.383 e. The van der Waals surface area contributed by atoms with Crippen LogP contribution < -0.4 is 15.5 Å². The summed E-state index contributed by atoms with van der Waals surface area (Å²) < 4.78 is 4.87. The molecule has 7 nitrogen and oxygen atoms in total. The van der Waals surface area contributed by atoms with E-state index in [2.05, 4.69) is 20.6 Å². The van der Waals surface area contributed by atoms with Crippen LogP contribution in [0.2, 0.25) is 0 Å². The second-order valence-corrected chi connectivity index (χ2v) is 4.37. The predicted molar refractivity (Wildman–Crippen MR) is 77.6 cm³/mol. The lowest BCUT2D eigenvalue weighted by Gasteiger charge is -2.16. The zero-order valence-electron chi connectivity index (χ0n) is 12.3. The van der Waals surface area contributed by atoms with E-state index in [1.807, 2.05) is 6.92 Å². The van der Waals surface area contributed by atoms with Crippen LogP contribution >= 0.6 is 0 Å². The number of anilines is 1. The van der Waals surface area contributed by atoms with Gasteiger partial charge in [-0.25, -0.2) is 9.97 Å². The van der Waals surface area contributed by atoms with Crippen LogP contribution in [0.25, 0.3) is 0 Å². The van der Waals surface area contributed by atoms with Gasteiger partial charge in [0.05, 0.1) is 13.2 Å². The summed E-state index contributed by atoms with van der Waals surface area (Å²) in [5.74, 6) is 0.456. The molecule has 0 fully saturated rings. The van der Waals surface area contributed by atoms with Crippen LogP contribution in [0.3, 0.4) is 0 Å². The van der Waals surface area contributed by atoms with E-state index < -0.39 is 0 Å². The van der Waals surface area contributed by atoms with Crippen molar-refractivity contribution < 1.29 is 9.53 Å². The molecule has 0 radical (unpaired) electrons. The number of carbonyl (C=O) groups is 1. The van der Waals surface area contributed by atoms with Gasteiger partial charge in [0.25, 0.3) is 0 Å². The van der Waals surface area contributed by atoms with E-state index in [0.717, 1.165) is 18.7 Å². The topological polar surface area (TPSA) is 79.4 Å². The van der Waals surface area contributed by atoms with E-state index in [1.165, 1.54) is 0 Å². The standard InChI is InChI=1S/C13H23N5O2/c1-4-14-7-11-8-16-13(17-9-11)18(2)10-12(19)15-5-6-20-3/h8-9,14H,4-7,10H2,1-3H3,(H,15,19). The van der Waals surface area contributed by atoms with Crippen molar-refractivity contribution in [1.82, 2.24) is 20.6 Å². The van der Waals surface area contributed by atoms with Gasteiger partial charge in [-0.1, -0.05) is 6.92 Å². The molecule has 1 aromatic heterocycles. The maximum atomic E-state index is 11.6. The molecule has 2 N–H and O–H groups in total. The first-order valence-corrected chi connectivity index (χ1v) is 6.65. The van der Waals surface area contributed by atoms with Crippen LogP contribution in [0.15, 0.2) is 12.4 Å². The number of ether oxygens (including phenoxy) is 1. The van der Waals surface area contributed by atoms with Crippen molar-refractivity contribution in [1.29, 1.82) is 0 Å². The minimum atomic E-state index is -0.0788. The summed E-state index contributed by atoms with van der Waals surface area (Å²) in [6.45, 7) is 4.93. The monoisotopic (exact) mass is 281 g/mol. The van der Waals surface area contributed by atoms with E-state index >= 15 is 0 Å². The number of rotatable bonds is 9. The number of nitrogens with zero attached hydrogens (tertiary/aromatic N) is 3. The highest BCUT2D eigenvalue weighted by molar-refractivity contribution is 5.80. The fourth-order valence-electron chi connectivity index (χ4n) is 1.54. The lowest BCUT2D eigenvalue weighted by Crippen LogP contribution is -2.37. The van der Waals surface area contributed by atoms with Crippen LogP contribution in [0.1, 0.15) is 12.5 Å². The Labute approximate surface area is 119 Å². The van der Waals surface area contributed by atoms with Crippen LogP contribution in [-0.2, 0) is 16.1 Å². The highest BCUT2D eigenvalue weighted by atomic mass is 16.5. The van der Waals surface area contributed by atoms with Gasteiger partial charge in [0.15, 0.2) is 0 Å². The van der Waals surface area contributed by atoms with E-state index in [1.54, 1.807) is 31.5 Å². The summed E-state index contributed by atoms with van der Waals surface area (Å²) in [7, 11) is 3.39. The van der Waals surface area contributed by atoms with Gasteiger partial charge >= 0.3 is 0 Å². The number of methoxy groups -OCH3 is 1. The quantitative estimate of drug-likeness (QED) is 0.610. The highest BCUT2D eigenvalue weighted by Gasteiger charge is 2.09. The molecule has 0 atom stereocenters. The summed E-state index contributed by atoms with van der Waals surface area (Å²) in [6, 6.07) is 0. The largest absolute Gasteiger partial charge is 0.383 e. The lowest BCUT2D eigenvalue weighted by molar-refractivity contribution is -0.119. The zero-order valence-corrected chi connectivity index (χ0v) is 12.3. The van der Waals surface area contributed by atoms with E-state index in [9.17, 15) is 4.79 Å². The molecule has 0 aliphatic carbocycles. The third-order valence-electron chi connectivity index (χ3n) is 2.62. The minimum absolute atomic E-state index is 0.0788. The first-order chi connectivity index (χ1) is 9.67. The third-order valence-corrected chi connectivity index (χ3v) is 2.62. The van der Waals surface area contributed by atoms with Crippen molar-refractivity contribution in [3.63, 3.8) is 0 Å². The molecule has 0 saturated heterocycles. The second-order valence-electron chi connectivity index (χ2n) is 4.37. The van der Waals surface area contributed by atoms with Gasteiger partial charge < -0.3 is 20.3 Å². The maximum Gasteiger partial charge on any atom is 0.239 e. The highest BCUT2D eigenvalue weighted by Crippen LogP contribution is 2.04. The van der Waals surface area contributed by atoms with Gasteiger partial charge in [-0.05, 0) is 6.54 Å². The molecule has 1 rings (SSSR count). The van der Waals surface area contributed by atoms with Crippen molar-refractivity contribution in [2.45, 2.75) is 13.5 Å². The Balaban J connectivity index is 2.42. The lowest BCUT2D eigenvalue weighted by atomic mass is 10.3. The summed E-state index contributed by atoms with van der Waals surface area (Å²) in [6.07, 6.45) is 3.54. The molecule has 7 heteroatoms. The molecule has 0 aliphatic heterocycles. The van der Waals surface area contributed by atoms with Crippen molar-refractivity contribution in [2.24, 2.45) is 0 Å². The molecule has 0 aromatic carbocycles. The molecule has 20 heavy (non-hydrogen) atoms. The molecular formula is C13H23N5O2. The normalized spacial score (nSPS) is 10.3. The van der Waals surface area contributed by atoms with E-state index in [0.29, 0.717) is 19.1 Å². The van der Waals surface area contributed by atoms with Crippen LogP contribution in [0.5, 0.6) is 0 Å². The van der Waals surface area contributed by atoms with Gasteiger partial charge in [0.2, 0.25) is 11.9 Å². The molecule has 1 heterocycles. The van der Waals surface area contributed by atoms with Gasteiger partial charge in [-0.15, -0.1) is 0 Å². The van der Waals surface area contributed by atoms with Gasteiger partial charge in [-0.3, -0.25) is 4.79 Å². The van der Waals surface area contributed by atoms with Crippen LogP contribution in [0, 0.1) is 0 Å². The molecule has 112 valence electrons. The van der Waals surface area contributed by atoms with E-state index in [-0.39, 0.29) is 12.5 Å². The Hall–Kier alpha value is -1.73.